The number of nitrogens with zero attached hydrogens (tertiary/aromatic N) is 2. The predicted molar refractivity (Wildman–Crippen MR) is 70.6 cm³/mol. The minimum absolute atomic E-state index is 0.0581. The first-order valence-electron chi connectivity index (χ1n) is 5.58. The molecule has 3 N–H and O–H groups in total. The molecule has 0 aliphatic heterocycles. The van der Waals surface area contributed by atoms with Gasteiger partial charge in [0.2, 0.25) is 0 Å². The van der Waals surface area contributed by atoms with Gasteiger partial charge in [0.05, 0.1) is 12.0 Å². The molecule has 0 bridgehead atoms. The van der Waals surface area contributed by atoms with Crippen LogP contribution in [0, 0.1) is 5.82 Å². The van der Waals surface area contributed by atoms with Gasteiger partial charge in [0.25, 0.3) is 5.91 Å². The molecule has 0 fully saturated rings. The van der Waals surface area contributed by atoms with E-state index in [9.17, 15) is 9.18 Å². The second-order valence-corrected chi connectivity index (χ2v) is 4.30. The maximum Gasteiger partial charge on any atom is 0.275 e. The Morgan fingerprint density at radius 1 is 1.53 bits per heavy atom. The molecule has 0 saturated carbocycles. The molecular formula is C12H12ClFN4O. The van der Waals surface area contributed by atoms with Crippen LogP contribution in [0.5, 0.6) is 0 Å². The van der Waals surface area contributed by atoms with Gasteiger partial charge in [-0.3, -0.25) is 4.79 Å². The summed E-state index contributed by atoms with van der Waals surface area (Å²) in [5.41, 5.74) is 5.65. The summed E-state index contributed by atoms with van der Waals surface area (Å²) in [5, 5.41) is 2.70. The Morgan fingerprint density at radius 3 is 3.00 bits per heavy atom. The van der Waals surface area contributed by atoms with E-state index in [4.69, 9.17) is 17.3 Å². The molecule has 2 rings (SSSR count). The van der Waals surface area contributed by atoms with Crippen LogP contribution in [-0.2, 0) is 6.54 Å². The highest BCUT2D eigenvalue weighted by molar-refractivity contribution is 6.30. The van der Waals surface area contributed by atoms with Crippen LogP contribution < -0.4 is 11.1 Å². The molecule has 1 heterocycles. The Hall–Kier alpha value is -1.92. The number of benzene rings is 1. The molecule has 0 atom stereocenters. The van der Waals surface area contributed by atoms with Crippen LogP contribution in [0.2, 0.25) is 5.02 Å². The highest BCUT2D eigenvalue weighted by Gasteiger charge is 2.12. The molecule has 0 spiro atoms. The van der Waals surface area contributed by atoms with E-state index in [1.54, 1.807) is 10.8 Å². The summed E-state index contributed by atoms with van der Waals surface area (Å²) in [7, 11) is 0. The van der Waals surface area contributed by atoms with Crippen LogP contribution in [0.3, 0.4) is 0 Å². The lowest BCUT2D eigenvalue weighted by atomic mass is 10.3. The van der Waals surface area contributed by atoms with E-state index >= 15 is 0 Å². The van der Waals surface area contributed by atoms with Crippen molar-refractivity contribution < 1.29 is 9.18 Å². The first kappa shape index (κ1) is 13.5. The third-order valence-electron chi connectivity index (χ3n) is 2.43. The number of amides is 1. The van der Waals surface area contributed by atoms with E-state index in [2.05, 4.69) is 10.3 Å². The number of hydrogen-bond donors (Lipinski definition) is 2. The SMILES string of the molecule is NCCn1cnc(C(=O)Nc2ccc(Cl)cc2F)c1. The van der Waals surface area contributed by atoms with Gasteiger partial charge in [0, 0.05) is 24.3 Å². The summed E-state index contributed by atoms with van der Waals surface area (Å²) >= 11 is 5.63. The third kappa shape index (κ3) is 3.30. The van der Waals surface area contributed by atoms with Crippen LogP contribution in [0.25, 0.3) is 0 Å². The van der Waals surface area contributed by atoms with E-state index in [-0.39, 0.29) is 16.4 Å². The van der Waals surface area contributed by atoms with Gasteiger partial charge in [-0.1, -0.05) is 11.6 Å². The van der Waals surface area contributed by atoms with Gasteiger partial charge in [0.15, 0.2) is 0 Å². The lowest BCUT2D eigenvalue weighted by Gasteiger charge is -2.04. The summed E-state index contributed by atoms with van der Waals surface area (Å²) in [6, 6.07) is 4.02. The fourth-order valence-electron chi connectivity index (χ4n) is 1.53. The van der Waals surface area contributed by atoms with Gasteiger partial charge < -0.3 is 15.6 Å². The minimum atomic E-state index is -0.595. The van der Waals surface area contributed by atoms with Gasteiger partial charge in [-0.2, -0.15) is 0 Å². The molecule has 7 heteroatoms. The largest absolute Gasteiger partial charge is 0.335 e. The van der Waals surface area contributed by atoms with Crippen molar-refractivity contribution in [3.8, 4) is 0 Å². The van der Waals surface area contributed by atoms with Gasteiger partial charge in [-0.25, -0.2) is 9.37 Å². The van der Waals surface area contributed by atoms with Gasteiger partial charge in [-0.05, 0) is 18.2 Å². The zero-order valence-corrected chi connectivity index (χ0v) is 10.7. The van der Waals surface area contributed by atoms with Crippen molar-refractivity contribution in [2.45, 2.75) is 6.54 Å². The molecule has 19 heavy (non-hydrogen) atoms. The van der Waals surface area contributed by atoms with E-state index in [1.165, 1.54) is 18.5 Å². The number of nitrogens with one attached hydrogen (secondary N) is 1. The molecule has 1 aromatic carbocycles. The molecule has 100 valence electrons. The zero-order chi connectivity index (χ0) is 13.8. The predicted octanol–water partition coefficient (Wildman–Crippen LogP) is 1.89. The Bertz CT molecular complexity index is 599. The Balaban J connectivity index is 2.11. The normalized spacial score (nSPS) is 10.5. The Labute approximate surface area is 114 Å². The van der Waals surface area contributed by atoms with Crippen LogP contribution in [0.15, 0.2) is 30.7 Å². The fraction of sp³-hybridized carbons (Fsp3) is 0.167. The molecule has 0 radical (unpaired) electrons. The molecule has 1 amide bonds. The van der Waals surface area contributed by atoms with E-state index < -0.39 is 11.7 Å². The number of nitrogens with two attached hydrogens (primary N) is 1. The Morgan fingerprint density at radius 2 is 2.32 bits per heavy atom. The average molecular weight is 283 g/mol. The standard InChI is InChI=1S/C12H12ClFN4O/c13-8-1-2-10(9(14)5-8)17-12(19)11-6-18(4-3-15)7-16-11/h1-2,5-7H,3-4,15H2,(H,17,19). The fourth-order valence-corrected chi connectivity index (χ4v) is 1.68. The topological polar surface area (TPSA) is 72.9 Å². The van der Waals surface area contributed by atoms with Crippen LogP contribution in [0.4, 0.5) is 10.1 Å². The number of carbonyl (C=O) groups excluding carboxylic acids is 1. The summed E-state index contributed by atoms with van der Waals surface area (Å²) in [5.74, 6) is -1.08. The van der Waals surface area contributed by atoms with E-state index in [0.717, 1.165) is 6.07 Å². The van der Waals surface area contributed by atoms with E-state index in [1.807, 2.05) is 0 Å². The first-order valence-corrected chi connectivity index (χ1v) is 5.96. The van der Waals surface area contributed by atoms with Crippen molar-refractivity contribution in [2.24, 2.45) is 5.73 Å². The van der Waals surface area contributed by atoms with Gasteiger partial charge in [0.1, 0.15) is 11.5 Å². The molecule has 5 nitrogen and oxygen atoms in total. The lowest BCUT2D eigenvalue weighted by Crippen LogP contribution is -2.13. The maximum atomic E-state index is 13.5. The van der Waals surface area contributed by atoms with Crippen molar-refractivity contribution >= 4 is 23.2 Å². The smallest absolute Gasteiger partial charge is 0.275 e. The second-order valence-electron chi connectivity index (χ2n) is 3.86. The number of aromatic nitrogens is 2. The maximum absolute atomic E-state index is 13.5. The lowest BCUT2D eigenvalue weighted by molar-refractivity contribution is 0.102. The summed E-state index contributed by atoms with van der Waals surface area (Å²) in [4.78, 5) is 15.8. The van der Waals surface area contributed by atoms with Crippen LogP contribution in [0.1, 0.15) is 10.5 Å². The molecule has 1 aromatic heterocycles. The minimum Gasteiger partial charge on any atom is -0.335 e. The molecule has 0 unspecified atom stereocenters. The van der Waals surface area contributed by atoms with E-state index in [0.29, 0.717) is 13.1 Å². The van der Waals surface area contributed by atoms with Crippen molar-refractivity contribution in [1.82, 2.24) is 9.55 Å². The monoisotopic (exact) mass is 282 g/mol. The van der Waals surface area contributed by atoms with Crippen molar-refractivity contribution in [2.75, 3.05) is 11.9 Å². The third-order valence-corrected chi connectivity index (χ3v) is 2.67. The number of imidazole rings is 1. The number of hydrogen-bond acceptors (Lipinski definition) is 3. The molecule has 0 saturated heterocycles. The van der Waals surface area contributed by atoms with Crippen molar-refractivity contribution in [3.63, 3.8) is 0 Å². The molecule has 0 aliphatic carbocycles. The van der Waals surface area contributed by atoms with Gasteiger partial charge in [-0.15, -0.1) is 0 Å². The number of rotatable bonds is 4. The van der Waals surface area contributed by atoms with Crippen molar-refractivity contribution in [1.29, 1.82) is 0 Å². The number of carbonyl (C=O) groups is 1. The molecule has 0 aliphatic rings. The van der Waals surface area contributed by atoms with Crippen molar-refractivity contribution in [3.05, 3.63) is 47.3 Å². The van der Waals surface area contributed by atoms with Gasteiger partial charge >= 0.3 is 0 Å². The summed E-state index contributed by atoms with van der Waals surface area (Å²) in [6.07, 6.45) is 3.05. The number of anilines is 1. The van der Waals surface area contributed by atoms with Crippen LogP contribution >= 0.6 is 11.6 Å². The Kier molecular flexibility index (Phi) is 4.13. The molecule has 2 aromatic rings. The zero-order valence-electron chi connectivity index (χ0n) is 9.94. The quantitative estimate of drug-likeness (QED) is 0.899. The highest BCUT2D eigenvalue weighted by Crippen LogP contribution is 2.19. The summed E-state index contributed by atoms with van der Waals surface area (Å²) < 4.78 is 15.2. The highest BCUT2D eigenvalue weighted by atomic mass is 35.5. The second kappa shape index (κ2) is 5.81. The summed E-state index contributed by atoms with van der Waals surface area (Å²) in [6.45, 7) is 1.01. The number of halogens is 2. The first-order chi connectivity index (χ1) is 9.10. The van der Waals surface area contributed by atoms with Crippen LogP contribution in [-0.4, -0.2) is 22.0 Å². The molecular weight excluding hydrogens is 271 g/mol. The average Bonchev–Trinajstić information content (AvgIpc) is 2.82.